The number of hydrogen-bond acceptors (Lipinski definition) is 4. The molecule has 0 atom stereocenters. The maximum atomic E-state index is 12.6. The van der Waals surface area contributed by atoms with Gasteiger partial charge in [0.15, 0.2) is 0 Å². The number of carbonyl (C=O) groups is 4. The van der Waals surface area contributed by atoms with Gasteiger partial charge >= 0.3 is 164 Å². The van der Waals surface area contributed by atoms with Gasteiger partial charge in [-0.15, -0.1) is 0 Å². The quantitative estimate of drug-likeness (QED) is 0.308. The van der Waals surface area contributed by atoms with E-state index in [1.165, 1.54) is 0 Å². The Morgan fingerprint density at radius 3 is 0.929 bits per heavy atom. The van der Waals surface area contributed by atoms with E-state index in [1.807, 2.05) is 54.6 Å². The second kappa shape index (κ2) is 7.80. The second-order valence-electron chi connectivity index (χ2n) is 6.19. The van der Waals surface area contributed by atoms with Gasteiger partial charge in [-0.25, -0.2) is 0 Å². The molecule has 0 bridgehead atoms. The molecular formula is C22H20O4OsP. The molecule has 3 rings (SSSR count). The summed E-state index contributed by atoms with van der Waals surface area (Å²) in [7, 11) is 0. The molecule has 0 aliphatic rings. The predicted octanol–water partition coefficient (Wildman–Crippen LogP) is 2.08. The average molecular weight is 570 g/mol. The van der Waals surface area contributed by atoms with Crippen molar-refractivity contribution in [1.82, 2.24) is 0 Å². The van der Waals surface area contributed by atoms with Gasteiger partial charge in [-0.1, -0.05) is 0 Å². The Morgan fingerprint density at radius 2 is 0.714 bits per heavy atom. The Kier molecular flexibility index (Phi) is 5.61. The zero-order valence-electron chi connectivity index (χ0n) is 15.0. The van der Waals surface area contributed by atoms with Gasteiger partial charge < -0.3 is 0 Å². The van der Waals surface area contributed by atoms with Gasteiger partial charge in [-0.2, -0.15) is 0 Å². The Morgan fingerprint density at radius 1 is 0.464 bits per heavy atom. The van der Waals surface area contributed by atoms with Gasteiger partial charge in [0, 0.05) is 0 Å². The molecule has 0 saturated carbocycles. The Balaban J connectivity index is 2.68. The van der Waals surface area contributed by atoms with Crippen LogP contribution in [0.5, 0.6) is 0 Å². The van der Waals surface area contributed by atoms with Crippen LogP contribution in [0.4, 0.5) is 0 Å². The predicted molar refractivity (Wildman–Crippen MR) is 114 cm³/mol. The first kappa shape index (κ1) is 20.1. The van der Waals surface area contributed by atoms with Crippen LogP contribution in [0.1, 0.15) is 0 Å². The van der Waals surface area contributed by atoms with Crippen molar-refractivity contribution in [2.45, 2.75) is 0 Å². The van der Waals surface area contributed by atoms with Gasteiger partial charge in [0.05, 0.1) is 0 Å². The van der Waals surface area contributed by atoms with Crippen LogP contribution in [0.15, 0.2) is 91.0 Å². The summed E-state index contributed by atoms with van der Waals surface area (Å²) in [4.78, 5) is 52.3. The van der Waals surface area contributed by atoms with Crippen molar-refractivity contribution in [3.63, 3.8) is 0 Å². The minimum atomic E-state index is -5.83. The first-order valence-electron chi connectivity index (χ1n) is 8.42. The standard InChI is InChI=1S/C18H15P.4CHO.Os/c1-4-10-16(11-5-1)19(17-12-6-2-7-13-17)18-14-8-3-9-15-18;4*1-2;/h1-15H;4*1H;/q;;;;;-1/p+1. The van der Waals surface area contributed by atoms with Gasteiger partial charge in [-0.3, -0.25) is 0 Å². The molecule has 3 aromatic carbocycles. The summed E-state index contributed by atoms with van der Waals surface area (Å²) in [5.74, 6) is 0. The third-order valence-corrected chi connectivity index (χ3v) is 37.3. The van der Waals surface area contributed by atoms with E-state index < -0.39 is 18.9 Å². The number of hydrogen-bond donors (Lipinski definition) is 0. The molecule has 0 amide bonds. The Hall–Kier alpha value is -2.59. The summed E-state index contributed by atoms with van der Waals surface area (Å²) >= 11 is -5.83. The minimum absolute atomic E-state index is 0.426. The molecular weight excluding hydrogens is 549 g/mol. The topological polar surface area (TPSA) is 68.3 Å². The van der Waals surface area contributed by atoms with Crippen LogP contribution in [0.25, 0.3) is 0 Å². The summed E-state index contributed by atoms with van der Waals surface area (Å²) in [5.41, 5.74) is -3.63. The van der Waals surface area contributed by atoms with E-state index in [1.54, 1.807) is 36.4 Å². The molecule has 145 valence electrons. The molecule has 0 N–H and O–H groups in total. The molecule has 0 saturated heterocycles. The van der Waals surface area contributed by atoms with Crippen LogP contribution >= 0.6 is 5.55 Å². The fraction of sp³-hybridized carbons (Fsp3) is 0. The van der Waals surface area contributed by atoms with Crippen molar-refractivity contribution < 1.29 is 32.5 Å². The molecule has 0 aromatic heterocycles. The van der Waals surface area contributed by atoms with Crippen molar-refractivity contribution in [2.75, 3.05) is 0 Å². The summed E-state index contributed by atoms with van der Waals surface area (Å²) in [6.45, 7) is 0. The Bertz CT molecular complexity index is 866. The van der Waals surface area contributed by atoms with Crippen molar-refractivity contribution in [3.05, 3.63) is 91.0 Å². The van der Waals surface area contributed by atoms with Crippen LogP contribution in [0.3, 0.4) is 0 Å². The molecule has 4 nitrogen and oxygen atoms in total. The van der Waals surface area contributed by atoms with Crippen LogP contribution in [-0.4, -0.2) is 19.4 Å². The van der Waals surface area contributed by atoms with Crippen molar-refractivity contribution in [2.24, 2.45) is 0 Å². The van der Waals surface area contributed by atoms with Crippen molar-refractivity contribution in [3.8, 4) is 0 Å². The van der Waals surface area contributed by atoms with E-state index in [2.05, 4.69) is 0 Å². The zero-order chi connectivity index (χ0) is 20.1. The van der Waals surface area contributed by atoms with Gasteiger partial charge in [0.1, 0.15) is 0 Å². The molecule has 0 fully saturated rings. The van der Waals surface area contributed by atoms with E-state index in [0.29, 0.717) is 35.3 Å². The summed E-state index contributed by atoms with van der Waals surface area (Å²) < 4.78 is 0. The van der Waals surface area contributed by atoms with Crippen LogP contribution in [0, 0.1) is 0 Å². The Labute approximate surface area is 164 Å². The first-order valence-corrected chi connectivity index (χ1v) is 19.9. The summed E-state index contributed by atoms with van der Waals surface area (Å²) in [6, 6.07) is 27.2. The second-order valence-corrected chi connectivity index (χ2v) is 32.0. The summed E-state index contributed by atoms with van der Waals surface area (Å²) in [5, 5.41) is 2.10. The molecule has 28 heavy (non-hydrogen) atoms. The zero-order valence-corrected chi connectivity index (χ0v) is 18.5. The fourth-order valence-electron chi connectivity index (χ4n) is 3.57. The SMILES string of the molecule is O=[CH][Os]([CH]=O)([CH]=O)([CH]=O)[PH](c1ccccc1)(c1ccccc1)c1ccccc1. The molecule has 0 spiro atoms. The molecule has 0 radical (unpaired) electrons. The third kappa shape index (κ3) is 2.59. The number of benzene rings is 3. The maximum absolute atomic E-state index is 12.6. The fourth-order valence-corrected chi connectivity index (χ4v) is 33.7. The van der Waals surface area contributed by atoms with E-state index in [-0.39, 0.29) is 0 Å². The van der Waals surface area contributed by atoms with Gasteiger partial charge in [0.25, 0.3) is 0 Å². The first-order chi connectivity index (χ1) is 13.6. The molecule has 6 heteroatoms. The van der Waals surface area contributed by atoms with E-state index in [0.717, 1.165) is 0 Å². The molecule has 3 aromatic rings. The van der Waals surface area contributed by atoms with Crippen LogP contribution in [-0.2, 0) is 32.5 Å². The van der Waals surface area contributed by atoms with E-state index >= 15 is 0 Å². The molecule has 0 aliphatic heterocycles. The third-order valence-electron chi connectivity index (χ3n) is 4.85. The average Bonchev–Trinajstić information content (AvgIpc) is 2.80. The van der Waals surface area contributed by atoms with Crippen molar-refractivity contribution in [1.29, 1.82) is 0 Å². The van der Waals surface area contributed by atoms with E-state index in [9.17, 15) is 19.2 Å². The van der Waals surface area contributed by atoms with Gasteiger partial charge in [0.2, 0.25) is 0 Å². The number of carbonyl (C=O) groups excluding carboxylic acids is 4. The molecule has 0 aliphatic carbocycles. The summed E-state index contributed by atoms with van der Waals surface area (Å²) in [6.07, 6.45) is 0. The van der Waals surface area contributed by atoms with Crippen molar-refractivity contribution >= 4 is 40.8 Å². The normalized spacial score (nSPS) is 13.5. The van der Waals surface area contributed by atoms with E-state index in [4.69, 9.17) is 0 Å². The van der Waals surface area contributed by atoms with Crippen LogP contribution in [0.2, 0.25) is 0 Å². The molecule has 0 unspecified atom stereocenters. The number of rotatable bonds is 8. The van der Waals surface area contributed by atoms with Gasteiger partial charge in [-0.05, 0) is 0 Å². The molecule has 0 heterocycles. The van der Waals surface area contributed by atoms with Crippen LogP contribution < -0.4 is 15.9 Å². The monoisotopic (exact) mass is 571 g/mol.